The van der Waals surface area contributed by atoms with Crippen molar-refractivity contribution in [2.24, 2.45) is 5.73 Å². The van der Waals surface area contributed by atoms with E-state index in [1.165, 1.54) is 4.88 Å². The summed E-state index contributed by atoms with van der Waals surface area (Å²) in [4.78, 5) is 3.90. The molecule has 0 unspecified atom stereocenters. The molecule has 0 bridgehead atoms. The summed E-state index contributed by atoms with van der Waals surface area (Å²) in [6, 6.07) is 10.3. The highest BCUT2D eigenvalue weighted by Crippen LogP contribution is 2.30. The Labute approximate surface area is 134 Å². The number of anilines is 1. The molecule has 1 aromatic carbocycles. The summed E-state index contributed by atoms with van der Waals surface area (Å²) in [6.07, 6.45) is 0. The topological polar surface area (TPSA) is 29.3 Å². The Balaban J connectivity index is 2.44. The van der Waals surface area contributed by atoms with Gasteiger partial charge in [-0.15, -0.1) is 11.3 Å². The van der Waals surface area contributed by atoms with Gasteiger partial charge in [-0.05, 0) is 37.4 Å². The Morgan fingerprint density at radius 2 is 2.10 bits per heavy atom. The van der Waals surface area contributed by atoms with E-state index in [0.29, 0.717) is 16.1 Å². The zero-order valence-electron chi connectivity index (χ0n) is 11.5. The molecule has 5 heteroatoms. The third-order valence-corrected chi connectivity index (χ3v) is 4.46. The van der Waals surface area contributed by atoms with Crippen LogP contribution >= 0.6 is 35.2 Å². The van der Waals surface area contributed by atoms with Crippen LogP contribution in [-0.2, 0) is 6.54 Å². The van der Waals surface area contributed by atoms with E-state index in [-0.39, 0.29) is 0 Å². The minimum Gasteiger partial charge on any atom is -0.389 e. The summed E-state index contributed by atoms with van der Waals surface area (Å²) in [5.41, 5.74) is 7.60. The second-order valence-electron chi connectivity index (χ2n) is 4.80. The van der Waals surface area contributed by atoms with Crippen LogP contribution in [0.1, 0.15) is 24.3 Å². The average molecular weight is 325 g/mol. The summed E-state index contributed by atoms with van der Waals surface area (Å²) in [5, 5.41) is 2.69. The average Bonchev–Trinajstić information content (AvgIpc) is 2.87. The summed E-state index contributed by atoms with van der Waals surface area (Å²) in [5.74, 6) is 0. The largest absolute Gasteiger partial charge is 0.389 e. The summed E-state index contributed by atoms with van der Waals surface area (Å²) in [6.45, 7) is 5.13. The molecule has 1 heterocycles. The molecule has 2 nitrogen and oxygen atoms in total. The second kappa shape index (κ2) is 6.57. The fraction of sp³-hybridized carbons (Fsp3) is 0.267. The fourth-order valence-electron chi connectivity index (χ4n) is 2.11. The smallest absolute Gasteiger partial charge is 0.107 e. The molecule has 106 valence electrons. The van der Waals surface area contributed by atoms with E-state index in [2.05, 4.69) is 36.3 Å². The lowest BCUT2D eigenvalue weighted by molar-refractivity contribution is 0.687. The third-order valence-electron chi connectivity index (χ3n) is 3.08. The van der Waals surface area contributed by atoms with Crippen molar-refractivity contribution in [3.63, 3.8) is 0 Å². The van der Waals surface area contributed by atoms with Crippen LogP contribution in [0.25, 0.3) is 0 Å². The van der Waals surface area contributed by atoms with Gasteiger partial charge in [-0.1, -0.05) is 36.0 Å². The number of nitrogens with zero attached hydrogens (tertiary/aromatic N) is 1. The molecule has 2 N–H and O–H groups in total. The molecule has 0 aliphatic carbocycles. The predicted molar refractivity (Wildman–Crippen MR) is 93.0 cm³/mol. The zero-order chi connectivity index (χ0) is 14.7. The third kappa shape index (κ3) is 3.32. The maximum absolute atomic E-state index is 6.26. The normalized spacial score (nSPS) is 10.8. The lowest BCUT2D eigenvalue weighted by atomic mass is 10.1. The summed E-state index contributed by atoms with van der Waals surface area (Å²) >= 11 is 13.2. The van der Waals surface area contributed by atoms with Crippen molar-refractivity contribution in [2.45, 2.75) is 26.4 Å². The number of benzene rings is 1. The molecule has 0 spiro atoms. The van der Waals surface area contributed by atoms with Crippen molar-refractivity contribution < 1.29 is 0 Å². The first kappa shape index (κ1) is 15.3. The van der Waals surface area contributed by atoms with Crippen molar-refractivity contribution in [1.29, 1.82) is 0 Å². The minimum atomic E-state index is 0.323. The number of hydrogen-bond donors (Lipinski definition) is 1. The van der Waals surface area contributed by atoms with Crippen molar-refractivity contribution in [3.05, 3.63) is 51.2 Å². The van der Waals surface area contributed by atoms with Crippen molar-refractivity contribution in [3.8, 4) is 0 Å². The van der Waals surface area contributed by atoms with E-state index in [4.69, 9.17) is 29.6 Å². The first-order chi connectivity index (χ1) is 9.50. The first-order valence-electron chi connectivity index (χ1n) is 6.38. The SMILES string of the molecule is CC(C)N(Cc1cccs1)c1cccc(Cl)c1C(N)=S. The molecule has 0 atom stereocenters. The molecule has 0 amide bonds. The van der Waals surface area contributed by atoms with Gasteiger partial charge < -0.3 is 10.6 Å². The van der Waals surface area contributed by atoms with Gasteiger partial charge in [-0.3, -0.25) is 0 Å². The monoisotopic (exact) mass is 324 g/mol. The maximum Gasteiger partial charge on any atom is 0.107 e. The van der Waals surface area contributed by atoms with Crippen LogP contribution in [0.3, 0.4) is 0 Å². The molecule has 20 heavy (non-hydrogen) atoms. The van der Waals surface area contributed by atoms with Gasteiger partial charge in [0.05, 0.1) is 17.1 Å². The number of halogens is 1. The molecule has 0 aliphatic rings. The fourth-order valence-corrected chi connectivity index (χ4v) is 3.36. The van der Waals surface area contributed by atoms with Gasteiger partial charge in [0.1, 0.15) is 4.99 Å². The highest BCUT2D eigenvalue weighted by molar-refractivity contribution is 7.80. The van der Waals surface area contributed by atoms with Gasteiger partial charge in [-0.2, -0.15) is 0 Å². The van der Waals surface area contributed by atoms with Crippen molar-refractivity contribution in [1.82, 2.24) is 0 Å². The lowest BCUT2D eigenvalue weighted by Crippen LogP contribution is -2.32. The van der Waals surface area contributed by atoms with Crippen LogP contribution in [0, 0.1) is 0 Å². The van der Waals surface area contributed by atoms with Crippen LogP contribution in [-0.4, -0.2) is 11.0 Å². The molecule has 0 saturated heterocycles. The summed E-state index contributed by atoms with van der Waals surface area (Å²) in [7, 11) is 0. The maximum atomic E-state index is 6.26. The molecule has 0 fully saturated rings. The Bertz CT molecular complexity index is 594. The van der Waals surface area contributed by atoms with Gasteiger partial charge in [0.2, 0.25) is 0 Å². The van der Waals surface area contributed by atoms with Crippen LogP contribution in [0.5, 0.6) is 0 Å². The summed E-state index contributed by atoms with van der Waals surface area (Å²) < 4.78 is 0. The molecule has 0 aliphatic heterocycles. The van der Waals surface area contributed by atoms with Gasteiger partial charge in [-0.25, -0.2) is 0 Å². The lowest BCUT2D eigenvalue weighted by Gasteiger charge is -2.30. The van der Waals surface area contributed by atoms with Gasteiger partial charge >= 0.3 is 0 Å². The molecule has 1 aromatic heterocycles. The number of nitrogens with two attached hydrogens (primary N) is 1. The van der Waals surface area contributed by atoms with Crippen molar-refractivity contribution in [2.75, 3.05) is 4.90 Å². The number of hydrogen-bond acceptors (Lipinski definition) is 3. The van der Waals surface area contributed by atoms with E-state index in [9.17, 15) is 0 Å². The Morgan fingerprint density at radius 3 is 2.65 bits per heavy atom. The molecule has 2 aromatic rings. The van der Waals surface area contributed by atoms with Crippen LogP contribution in [0.2, 0.25) is 5.02 Å². The number of thiophene rings is 1. The van der Waals surface area contributed by atoms with E-state index >= 15 is 0 Å². The van der Waals surface area contributed by atoms with Gasteiger partial charge in [0.15, 0.2) is 0 Å². The number of thiocarbonyl (C=S) groups is 1. The minimum absolute atomic E-state index is 0.323. The van der Waals surface area contributed by atoms with E-state index in [0.717, 1.165) is 17.8 Å². The molecule has 2 rings (SSSR count). The van der Waals surface area contributed by atoms with Gasteiger partial charge in [0, 0.05) is 16.6 Å². The number of rotatable bonds is 5. The Kier molecular flexibility index (Phi) is 5.02. The van der Waals surface area contributed by atoms with Crippen LogP contribution < -0.4 is 10.6 Å². The van der Waals surface area contributed by atoms with E-state index < -0.39 is 0 Å². The van der Waals surface area contributed by atoms with Crippen LogP contribution in [0.15, 0.2) is 35.7 Å². The highest BCUT2D eigenvalue weighted by Gasteiger charge is 2.18. The quantitative estimate of drug-likeness (QED) is 0.824. The second-order valence-corrected chi connectivity index (χ2v) is 6.68. The molecule has 0 saturated carbocycles. The van der Waals surface area contributed by atoms with E-state index in [1.807, 2.05) is 18.2 Å². The first-order valence-corrected chi connectivity index (χ1v) is 8.04. The van der Waals surface area contributed by atoms with Crippen molar-refractivity contribution >= 4 is 45.8 Å². The zero-order valence-corrected chi connectivity index (χ0v) is 13.9. The predicted octanol–water partition coefficient (Wildman–Crippen LogP) is 4.45. The molecular weight excluding hydrogens is 308 g/mol. The van der Waals surface area contributed by atoms with Crippen LogP contribution in [0.4, 0.5) is 5.69 Å². The standard InChI is InChI=1S/C15H17ClN2S2/c1-10(2)18(9-11-5-4-8-20-11)13-7-3-6-12(16)14(13)15(17)19/h3-8,10H,9H2,1-2H3,(H2,17,19). The highest BCUT2D eigenvalue weighted by atomic mass is 35.5. The van der Waals surface area contributed by atoms with Gasteiger partial charge in [0.25, 0.3) is 0 Å². The Hall–Kier alpha value is -1.10. The van der Waals surface area contributed by atoms with E-state index in [1.54, 1.807) is 11.3 Å². The molecular formula is C15H17ClN2S2. The molecule has 0 radical (unpaired) electrons. The Morgan fingerprint density at radius 1 is 1.35 bits per heavy atom.